The molecule has 14 aromatic carbocycles. The van der Waals surface area contributed by atoms with E-state index in [1.54, 1.807) is 0 Å². The fraction of sp³-hybridized carbons (Fsp3) is 0. The van der Waals surface area contributed by atoms with Gasteiger partial charge in [0.2, 0.25) is 0 Å². The van der Waals surface area contributed by atoms with Crippen LogP contribution in [0.25, 0.3) is 200 Å². The first kappa shape index (κ1) is 65.1. The van der Waals surface area contributed by atoms with Crippen LogP contribution >= 0.6 is 0 Å². The van der Waals surface area contributed by atoms with Gasteiger partial charge in [0.15, 0.2) is 5.82 Å². The minimum atomic E-state index is 0.689. The second kappa shape index (κ2) is 27.5. The summed E-state index contributed by atoms with van der Waals surface area (Å²) < 4.78 is 9.37. The van der Waals surface area contributed by atoms with Crippen molar-refractivity contribution < 1.29 is 0 Å². The first-order valence-corrected chi connectivity index (χ1v) is 37.8. The Balaban J connectivity index is 0.000000141. The van der Waals surface area contributed by atoms with E-state index in [2.05, 4.69) is 352 Å². The molecule has 0 N–H and O–H groups in total. The molecule has 0 atom stereocenters. The van der Waals surface area contributed by atoms with Crippen LogP contribution in [0.3, 0.4) is 0 Å². The molecule has 9 heteroatoms. The second-order valence-corrected chi connectivity index (χ2v) is 28.4. The third-order valence-corrected chi connectivity index (χ3v) is 21.7. The van der Waals surface area contributed by atoms with Crippen LogP contribution in [0.5, 0.6) is 0 Å². The van der Waals surface area contributed by atoms with Crippen molar-refractivity contribution in [1.29, 1.82) is 0 Å². The zero-order valence-corrected chi connectivity index (χ0v) is 60.7. The molecule has 112 heavy (non-hydrogen) atoms. The van der Waals surface area contributed by atoms with Gasteiger partial charge in [0.05, 0.1) is 77.9 Å². The number of nitrogens with zero attached hydrogens (tertiary/aromatic N) is 9. The van der Waals surface area contributed by atoms with Gasteiger partial charge in [-0.3, -0.25) is 9.97 Å². The molecule has 0 bridgehead atoms. The Morgan fingerprint density at radius 3 is 0.875 bits per heavy atom. The summed E-state index contributed by atoms with van der Waals surface area (Å²) in [5.74, 6) is 0.689. The molecule has 8 heterocycles. The molecule has 22 rings (SSSR count). The summed E-state index contributed by atoms with van der Waals surface area (Å²) in [5.41, 5.74) is 31.4. The van der Waals surface area contributed by atoms with E-state index in [4.69, 9.17) is 24.9 Å². The van der Waals surface area contributed by atoms with Gasteiger partial charge in [0.1, 0.15) is 0 Å². The summed E-state index contributed by atoms with van der Waals surface area (Å²) in [6.07, 6.45) is 3.77. The lowest BCUT2D eigenvalue weighted by Crippen LogP contribution is -1.98. The number of benzene rings is 14. The highest BCUT2D eigenvalue weighted by molar-refractivity contribution is 6.14. The quantitative estimate of drug-likeness (QED) is 0.122. The van der Waals surface area contributed by atoms with Crippen LogP contribution < -0.4 is 0 Å². The summed E-state index contributed by atoms with van der Waals surface area (Å²) in [6.45, 7) is 0. The number of pyridine rings is 3. The molecule has 9 nitrogen and oxygen atoms in total. The van der Waals surface area contributed by atoms with E-state index in [0.29, 0.717) is 5.82 Å². The van der Waals surface area contributed by atoms with E-state index in [1.165, 1.54) is 38.1 Å². The van der Waals surface area contributed by atoms with Crippen LogP contribution in [0, 0.1) is 0 Å². The Morgan fingerprint density at radius 2 is 0.455 bits per heavy atom. The predicted molar refractivity (Wildman–Crippen MR) is 463 cm³/mol. The molecule has 0 spiro atoms. The molecular weight excluding hydrogens is 1360 g/mol. The van der Waals surface area contributed by atoms with Crippen molar-refractivity contribution in [1.82, 2.24) is 43.2 Å². The molecule has 524 valence electrons. The molecule has 0 aliphatic rings. The van der Waals surface area contributed by atoms with Gasteiger partial charge in [-0.05, 0) is 185 Å². The largest absolute Gasteiger partial charge is 0.309 e. The Hall–Kier alpha value is -15.2. The number of fused-ring (bicyclic) bond motifs is 12. The third-order valence-electron chi connectivity index (χ3n) is 21.7. The highest BCUT2D eigenvalue weighted by atomic mass is 15.0. The molecule has 0 aliphatic heterocycles. The Kier molecular flexibility index (Phi) is 16.0. The summed E-state index contributed by atoms with van der Waals surface area (Å²) in [5, 5.41) is 7.11. The van der Waals surface area contributed by atoms with Crippen molar-refractivity contribution in [2.45, 2.75) is 0 Å². The Labute approximate surface area is 645 Å². The van der Waals surface area contributed by atoms with Gasteiger partial charge < -0.3 is 18.3 Å². The van der Waals surface area contributed by atoms with E-state index < -0.39 is 0 Å². The van der Waals surface area contributed by atoms with Crippen LogP contribution in [0.2, 0.25) is 0 Å². The molecule has 0 unspecified atom stereocenters. The number of aromatic nitrogens is 9. The van der Waals surface area contributed by atoms with Crippen molar-refractivity contribution in [3.05, 3.63) is 407 Å². The topological polar surface area (TPSA) is 84.2 Å². The maximum atomic E-state index is 5.12. The lowest BCUT2D eigenvalue weighted by Gasteiger charge is -2.13. The molecule has 0 fully saturated rings. The molecule has 0 radical (unpaired) electrons. The maximum absolute atomic E-state index is 5.12. The third kappa shape index (κ3) is 11.5. The van der Waals surface area contributed by atoms with Gasteiger partial charge in [0.25, 0.3) is 0 Å². The lowest BCUT2D eigenvalue weighted by molar-refractivity contribution is 1.16. The standard InChI is InChI=1S/C52H34N4.C51H33N5/c1-4-14-35(15-5-1)46-33-40(34-47(54-46)36-16-6-2-7-17-36)37-18-12-21-42(30-37)56-48-23-11-10-22-43(48)44-31-38(25-27-49(44)56)39-26-28-50-45(32-39)52-51(24-13-29-53-52)55(50)41-19-8-3-9-20-41;1-4-14-34(15-5-1)44-33-45(35-16-6-2-7-17-35)54-51(53-44)38-18-12-21-40(30-38)56-46-23-11-10-22-41(46)42-31-36(25-27-47(42)56)37-26-28-48-43(32-37)50-49(24-13-29-52-50)55(48)39-19-8-3-9-20-39/h1-34H;1-33H. The molecule has 0 saturated heterocycles. The molecular formula is C103H67N9. The van der Waals surface area contributed by atoms with Crippen LogP contribution in [-0.4, -0.2) is 43.2 Å². The summed E-state index contributed by atoms with van der Waals surface area (Å²) >= 11 is 0. The zero-order valence-electron chi connectivity index (χ0n) is 60.7. The summed E-state index contributed by atoms with van der Waals surface area (Å²) in [6, 6.07) is 140. The van der Waals surface area contributed by atoms with E-state index in [1.807, 2.05) is 73.1 Å². The number of hydrogen-bond acceptors (Lipinski definition) is 5. The van der Waals surface area contributed by atoms with Crippen LogP contribution in [0.1, 0.15) is 0 Å². The highest BCUT2D eigenvalue weighted by Crippen LogP contribution is 2.43. The minimum absolute atomic E-state index is 0.689. The molecule has 0 saturated carbocycles. The summed E-state index contributed by atoms with van der Waals surface area (Å²) in [7, 11) is 0. The zero-order chi connectivity index (χ0) is 74.0. The van der Waals surface area contributed by atoms with Crippen LogP contribution in [0.15, 0.2) is 407 Å². The number of rotatable bonds is 12. The number of para-hydroxylation sites is 4. The van der Waals surface area contributed by atoms with Crippen molar-refractivity contribution in [2.24, 2.45) is 0 Å². The second-order valence-electron chi connectivity index (χ2n) is 28.4. The van der Waals surface area contributed by atoms with E-state index >= 15 is 0 Å². The fourth-order valence-corrected chi connectivity index (χ4v) is 16.5. The first-order chi connectivity index (χ1) is 55.5. The average Bonchev–Trinajstić information content (AvgIpc) is 1.59. The van der Waals surface area contributed by atoms with Crippen LogP contribution in [-0.2, 0) is 0 Å². The number of hydrogen-bond donors (Lipinski definition) is 0. The van der Waals surface area contributed by atoms with Gasteiger partial charge in [-0.1, -0.05) is 243 Å². The highest BCUT2D eigenvalue weighted by Gasteiger charge is 2.22. The Morgan fingerprint density at radius 1 is 0.161 bits per heavy atom. The molecule has 22 aromatic rings. The van der Waals surface area contributed by atoms with Crippen LogP contribution in [0.4, 0.5) is 0 Å². The average molecular weight is 1430 g/mol. The normalized spacial score (nSPS) is 11.6. The SMILES string of the molecule is c1ccc(-c2cc(-c3cccc(-n4c5ccccc5c5cc(-c6ccc7c(c6)c6ncccc6n7-c6ccccc6)ccc54)c3)cc(-c3ccccc3)n2)cc1.c1ccc(-c2cc(-c3ccccc3)nc(-c3cccc(-n4c5ccccc5c5cc(-c6ccc7c(c6)c6ncccc6n7-c6ccccc6)ccc54)c3)n2)cc1. The van der Waals surface area contributed by atoms with Gasteiger partial charge in [-0.2, -0.15) is 0 Å². The van der Waals surface area contributed by atoms with Gasteiger partial charge in [-0.25, -0.2) is 15.0 Å². The molecule has 8 aromatic heterocycles. The monoisotopic (exact) mass is 1430 g/mol. The van der Waals surface area contributed by atoms with Crippen molar-refractivity contribution in [3.63, 3.8) is 0 Å². The first-order valence-electron chi connectivity index (χ1n) is 37.8. The lowest BCUT2D eigenvalue weighted by atomic mass is 9.99. The van der Waals surface area contributed by atoms with E-state index in [9.17, 15) is 0 Å². The maximum Gasteiger partial charge on any atom is 0.160 e. The van der Waals surface area contributed by atoms with Gasteiger partial charge >= 0.3 is 0 Å². The smallest absolute Gasteiger partial charge is 0.160 e. The van der Waals surface area contributed by atoms with Crippen molar-refractivity contribution >= 4 is 87.5 Å². The predicted octanol–water partition coefficient (Wildman–Crippen LogP) is 26.1. The van der Waals surface area contributed by atoms with Gasteiger partial charge in [-0.15, -0.1) is 0 Å². The Bertz CT molecular complexity index is 6790. The fourth-order valence-electron chi connectivity index (χ4n) is 16.5. The van der Waals surface area contributed by atoms with Crippen molar-refractivity contribution in [3.8, 4) is 113 Å². The molecule has 0 amide bonds. The minimum Gasteiger partial charge on any atom is -0.309 e. The molecule has 0 aliphatic carbocycles. The summed E-state index contributed by atoms with van der Waals surface area (Å²) in [4.78, 5) is 25.1. The van der Waals surface area contributed by atoms with E-state index in [-0.39, 0.29) is 0 Å². The van der Waals surface area contributed by atoms with Gasteiger partial charge in [0, 0.05) is 95.3 Å². The van der Waals surface area contributed by atoms with Crippen molar-refractivity contribution in [2.75, 3.05) is 0 Å². The van der Waals surface area contributed by atoms with E-state index in [0.717, 1.165) is 156 Å².